The van der Waals surface area contributed by atoms with Gasteiger partial charge in [0.25, 0.3) is 0 Å². The maximum Gasteiger partial charge on any atom is 0.239 e. The van der Waals surface area contributed by atoms with Crippen molar-refractivity contribution in [2.24, 2.45) is 11.7 Å². The molecule has 1 aliphatic rings. The van der Waals surface area contributed by atoms with Gasteiger partial charge in [0.1, 0.15) is 0 Å². The summed E-state index contributed by atoms with van der Waals surface area (Å²) >= 11 is 0. The molecule has 19 heavy (non-hydrogen) atoms. The lowest BCUT2D eigenvalue weighted by Crippen LogP contribution is -2.45. The molecule has 2 rings (SSSR count). The van der Waals surface area contributed by atoms with Crippen LogP contribution in [0.1, 0.15) is 44.7 Å². The van der Waals surface area contributed by atoms with Gasteiger partial charge >= 0.3 is 0 Å². The van der Waals surface area contributed by atoms with E-state index in [1.807, 2.05) is 30.0 Å². The van der Waals surface area contributed by atoms with Crippen molar-refractivity contribution in [3.05, 3.63) is 35.9 Å². The summed E-state index contributed by atoms with van der Waals surface area (Å²) in [6.45, 7) is 4.79. The molecule has 0 spiro atoms. The molecular weight excluding hydrogens is 236 g/mol. The van der Waals surface area contributed by atoms with E-state index in [0.717, 1.165) is 12.0 Å². The number of nitrogens with zero attached hydrogens (tertiary/aromatic N) is 1. The summed E-state index contributed by atoms with van der Waals surface area (Å²) < 4.78 is 0. The lowest BCUT2D eigenvalue weighted by molar-refractivity contribution is -0.134. The van der Waals surface area contributed by atoms with E-state index in [1.54, 1.807) is 0 Å². The Bertz CT molecular complexity index is 414. The minimum Gasteiger partial charge on any atom is -0.335 e. The number of rotatable bonds is 6. The Hall–Kier alpha value is -1.35. The van der Waals surface area contributed by atoms with Gasteiger partial charge < -0.3 is 10.6 Å². The number of hydrogen-bond acceptors (Lipinski definition) is 2. The predicted octanol–water partition coefficient (Wildman–Crippen LogP) is 2.72. The molecule has 1 aromatic rings. The van der Waals surface area contributed by atoms with Crippen molar-refractivity contribution in [3.63, 3.8) is 0 Å². The summed E-state index contributed by atoms with van der Waals surface area (Å²) in [5, 5.41) is 0. The van der Waals surface area contributed by atoms with Gasteiger partial charge in [-0.25, -0.2) is 0 Å². The monoisotopic (exact) mass is 260 g/mol. The van der Waals surface area contributed by atoms with Crippen LogP contribution in [0.25, 0.3) is 0 Å². The summed E-state index contributed by atoms with van der Waals surface area (Å²) in [6, 6.07) is 9.89. The number of nitrogens with two attached hydrogens (primary N) is 1. The van der Waals surface area contributed by atoms with Crippen LogP contribution in [-0.2, 0) is 4.79 Å². The van der Waals surface area contributed by atoms with Crippen molar-refractivity contribution in [1.82, 2.24) is 4.90 Å². The number of carbonyl (C=O) groups is 1. The largest absolute Gasteiger partial charge is 0.335 e. The van der Waals surface area contributed by atoms with Gasteiger partial charge in [0, 0.05) is 6.54 Å². The molecule has 1 amide bonds. The van der Waals surface area contributed by atoms with Gasteiger partial charge in [-0.15, -0.1) is 0 Å². The second-order valence-corrected chi connectivity index (χ2v) is 5.50. The standard InChI is InChI=1S/C16H24N2O/c1-3-18(12(2)14-7-5-4-6-8-14)16(19)15(17)11-13-9-10-13/h4-8,12-13,15H,3,9-11,17H2,1-2H3. The van der Waals surface area contributed by atoms with Crippen LogP contribution in [0.2, 0.25) is 0 Å². The predicted molar refractivity (Wildman–Crippen MR) is 77.6 cm³/mol. The molecule has 3 nitrogen and oxygen atoms in total. The number of carbonyl (C=O) groups excluding carboxylic acids is 1. The average molecular weight is 260 g/mol. The van der Waals surface area contributed by atoms with E-state index in [9.17, 15) is 4.79 Å². The molecule has 2 atom stereocenters. The zero-order chi connectivity index (χ0) is 13.8. The Kier molecular flexibility index (Phi) is 4.59. The molecule has 1 aliphatic carbocycles. The van der Waals surface area contributed by atoms with E-state index in [1.165, 1.54) is 12.8 Å². The van der Waals surface area contributed by atoms with Crippen LogP contribution in [0, 0.1) is 5.92 Å². The van der Waals surface area contributed by atoms with Crippen LogP contribution in [0.4, 0.5) is 0 Å². The highest BCUT2D eigenvalue weighted by Crippen LogP contribution is 2.33. The third-order valence-corrected chi connectivity index (χ3v) is 3.97. The molecule has 3 heteroatoms. The molecule has 0 bridgehead atoms. The number of amides is 1. The topological polar surface area (TPSA) is 46.3 Å². The van der Waals surface area contributed by atoms with E-state index >= 15 is 0 Å². The zero-order valence-electron chi connectivity index (χ0n) is 11.9. The molecular formula is C16H24N2O. The fourth-order valence-electron chi connectivity index (χ4n) is 2.56. The fraction of sp³-hybridized carbons (Fsp3) is 0.562. The molecule has 0 aliphatic heterocycles. The van der Waals surface area contributed by atoms with Crippen LogP contribution in [-0.4, -0.2) is 23.4 Å². The van der Waals surface area contributed by atoms with E-state index < -0.39 is 0 Å². The normalized spacial score (nSPS) is 17.8. The molecule has 0 radical (unpaired) electrons. The smallest absolute Gasteiger partial charge is 0.239 e. The van der Waals surface area contributed by atoms with Crippen LogP contribution in [0.5, 0.6) is 0 Å². The Balaban J connectivity index is 2.03. The van der Waals surface area contributed by atoms with Gasteiger partial charge in [-0.3, -0.25) is 4.79 Å². The number of likely N-dealkylation sites (N-methyl/N-ethyl adjacent to an activating group) is 1. The first-order valence-electron chi connectivity index (χ1n) is 7.24. The third kappa shape index (κ3) is 3.57. The van der Waals surface area contributed by atoms with Gasteiger partial charge in [-0.1, -0.05) is 43.2 Å². The summed E-state index contributed by atoms with van der Waals surface area (Å²) in [4.78, 5) is 14.3. The first-order chi connectivity index (χ1) is 9.13. The molecule has 2 N–H and O–H groups in total. The first-order valence-corrected chi connectivity index (χ1v) is 7.24. The minimum absolute atomic E-state index is 0.0870. The molecule has 0 aromatic heterocycles. The highest BCUT2D eigenvalue weighted by Gasteiger charge is 2.30. The third-order valence-electron chi connectivity index (χ3n) is 3.97. The second-order valence-electron chi connectivity index (χ2n) is 5.50. The molecule has 0 saturated heterocycles. The lowest BCUT2D eigenvalue weighted by Gasteiger charge is -2.30. The van der Waals surface area contributed by atoms with E-state index in [2.05, 4.69) is 19.1 Å². The molecule has 104 valence electrons. The van der Waals surface area contributed by atoms with Gasteiger partial charge in [0.05, 0.1) is 12.1 Å². The Labute approximate surface area is 115 Å². The van der Waals surface area contributed by atoms with Crippen LogP contribution in [0.3, 0.4) is 0 Å². The van der Waals surface area contributed by atoms with Gasteiger partial charge in [-0.05, 0) is 31.7 Å². The zero-order valence-corrected chi connectivity index (χ0v) is 11.9. The molecule has 1 fully saturated rings. The van der Waals surface area contributed by atoms with E-state index in [0.29, 0.717) is 12.5 Å². The molecule has 1 aromatic carbocycles. The Morgan fingerprint density at radius 2 is 2.00 bits per heavy atom. The maximum absolute atomic E-state index is 12.5. The van der Waals surface area contributed by atoms with Crippen molar-refractivity contribution >= 4 is 5.91 Å². The van der Waals surface area contributed by atoms with Gasteiger partial charge in [0.2, 0.25) is 5.91 Å². The lowest BCUT2D eigenvalue weighted by atomic mass is 10.0. The summed E-state index contributed by atoms with van der Waals surface area (Å²) in [5.41, 5.74) is 7.22. The summed E-state index contributed by atoms with van der Waals surface area (Å²) in [7, 11) is 0. The molecule has 1 saturated carbocycles. The summed E-state index contributed by atoms with van der Waals surface area (Å²) in [5.74, 6) is 0.774. The second kappa shape index (κ2) is 6.20. The minimum atomic E-state index is -0.335. The Morgan fingerprint density at radius 3 is 2.53 bits per heavy atom. The van der Waals surface area contributed by atoms with Crippen LogP contribution >= 0.6 is 0 Å². The average Bonchev–Trinajstić information content (AvgIpc) is 3.24. The quantitative estimate of drug-likeness (QED) is 0.855. The van der Waals surface area contributed by atoms with E-state index in [4.69, 9.17) is 5.73 Å². The highest BCUT2D eigenvalue weighted by atomic mass is 16.2. The van der Waals surface area contributed by atoms with Crippen molar-refractivity contribution in [1.29, 1.82) is 0 Å². The molecule has 0 heterocycles. The van der Waals surface area contributed by atoms with Crippen molar-refractivity contribution < 1.29 is 4.79 Å². The fourth-order valence-corrected chi connectivity index (χ4v) is 2.56. The van der Waals surface area contributed by atoms with Crippen molar-refractivity contribution in [2.75, 3.05) is 6.54 Å². The number of hydrogen-bond donors (Lipinski definition) is 1. The SMILES string of the molecule is CCN(C(=O)C(N)CC1CC1)C(C)c1ccccc1. The number of benzene rings is 1. The molecule has 2 unspecified atom stereocenters. The van der Waals surface area contributed by atoms with Crippen LogP contribution < -0.4 is 5.73 Å². The van der Waals surface area contributed by atoms with Crippen molar-refractivity contribution in [2.45, 2.75) is 45.2 Å². The maximum atomic E-state index is 12.5. The van der Waals surface area contributed by atoms with Crippen molar-refractivity contribution in [3.8, 4) is 0 Å². The first kappa shape index (κ1) is 14.1. The Morgan fingerprint density at radius 1 is 1.37 bits per heavy atom. The highest BCUT2D eigenvalue weighted by molar-refractivity contribution is 5.82. The van der Waals surface area contributed by atoms with E-state index in [-0.39, 0.29) is 18.0 Å². The summed E-state index contributed by atoms with van der Waals surface area (Å²) in [6.07, 6.45) is 3.32. The van der Waals surface area contributed by atoms with Gasteiger partial charge in [-0.2, -0.15) is 0 Å². The van der Waals surface area contributed by atoms with Gasteiger partial charge in [0.15, 0.2) is 0 Å². The van der Waals surface area contributed by atoms with Crippen LogP contribution in [0.15, 0.2) is 30.3 Å².